The maximum absolute atomic E-state index is 10.7. The molecule has 0 unspecified atom stereocenters. The van der Waals surface area contributed by atoms with Crippen molar-refractivity contribution in [2.45, 2.75) is 33.1 Å². The van der Waals surface area contributed by atoms with Crippen LogP contribution in [0.5, 0.6) is 0 Å². The molecule has 0 fully saturated rings. The fourth-order valence-electron chi connectivity index (χ4n) is 1.16. The maximum Gasteiger partial charge on any atom is 0.315 e. The van der Waals surface area contributed by atoms with Crippen molar-refractivity contribution in [3.05, 3.63) is 11.3 Å². The Morgan fingerprint density at radius 2 is 2.10 bits per heavy atom. The molecule has 1 aliphatic rings. The summed E-state index contributed by atoms with van der Waals surface area (Å²) in [5.41, 5.74) is 1.17. The predicted octanol–water partition coefficient (Wildman–Crippen LogP) is 2.01. The van der Waals surface area contributed by atoms with Crippen molar-refractivity contribution in [3.63, 3.8) is 0 Å². The number of rotatable bonds is 2. The molecular formula is C8H12O2. The van der Waals surface area contributed by atoms with E-state index in [4.69, 9.17) is 4.74 Å². The fourth-order valence-corrected chi connectivity index (χ4v) is 1.16. The van der Waals surface area contributed by atoms with Gasteiger partial charge in [0, 0.05) is 6.42 Å². The van der Waals surface area contributed by atoms with Crippen LogP contribution < -0.4 is 0 Å². The lowest BCUT2D eigenvalue weighted by atomic mass is 10.1. The quantitative estimate of drug-likeness (QED) is 0.548. The van der Waals surface area contributed by atoms with Crippen molar-refractivity contribution in [2.24, 2.45) is 0 Å². The summed E-state index contributed by atoms with van der Waals surface area (Å²) in [4.78, 5) is 10.7. The zero-order chi connectivity index (χ0) is 7.56. The van der Waals surface area contributed by atoms with Crippen LogP contribution in [0.25, 0.3) is 0 Å². The molecule has 2 nitrogen and oxygen atoms in total. The van der Waals surface area contributed by atoms with E-state index in [9.17, 15) is 4.79 Å². The number of carbonyl (C=O) groups excluding carboxylic acids is 1. The van der Waals surface area contributed by atoms with Gasteiger partial charge < -0.3 is 4.74 Å². The fraction of sp³-hybridized carbons (Fsp3) is 0.625. The molecule has 1 heterocycles. The smallest absolute Gasteiger partial charge is 0.315 e. The summed E-state index contributed by atoms with van der Waals surface area (Å²) < 4.78 is 4.95. The molecule has 0 atom stereocenters. The number of hydrogen-bond donors (Lipinski definition) is 0. The normalized spacial score (nSPS) is 18.0. The molecule has 56 valence electrons. The Morgan fingerprint density at radius 1 is 1.40 bits per heavy atom. The van der Waals surface area contributed by atoms with Crippen LogP contribution >= 0.6 is 0 Å². The third-order valence-corrected chi connectivity index (χ3v) is 1.74. The highest BCUT2D eigenvalue weighted by molar-refractivity contribution is 5.76. The molecule has 0 bridgehead atoms. The lowest BCUT2D eigenvalue weighted by Crippen LogP contribution is -1.92. The molecule has 0 aromatic heterocycles. The van der Waals surface area contributed by atoms with Crippen molar-refractivity contribution >= 4 is 5.97 Å². The molecule has 0 aromatic carbocycles. The molecule has 0 amide bonds. The van der Waals surface area contributed by atoms with Crippen molar-refractivity contribution in [2.75, 3.05) is 0 Å². The Morgan fingerprint density at radius 3 is 2.50 bits per heavy atom. The Bertz CT molecular complexity index is 162. The van der Waals surface area contributed by atoms with E-state index in [1.165, 1.54) is 5.57 Å². The van der Waals surface area contributed by atoms with Crippen molar-refractivity contribution in [1.29, 1.82) is 0 Å². The molecule has 2 heteroatoms. The van der Waals surface area contributed by atoms with Gasteiger partial charge in [0.2, 0.25) is 0 Å². The molecule has 0 aromatic rings. The summed E-state index contributed by atoms with van der Waals surface area (Å²) in [5, 5.41) is 0. The molecule has 0 radical (unpaired) electrons. The van der Waals surface area contributed by atoms with Crippen molar-refractivity contribution in [1.82, 2.24) is 0 Å². The average molecular weight is 140 g/mol. The second kappa shape index (κ2) is 2.86. The first kappa shape index (κ1) is 7.32. The summed E-state index contributed by atoms with van der Waals surface area (Å²) in [5.74, 6) is 0.807. The lowest BCUT2D eigenvalue weighted by Gasteiger charge is -1.97. The van der Waals surface area contributed by atoms with Crippen LogP contribution in [0.4, 0.5) is 0 Å². The van der Waals surface area contributed by atoms with Gasteiger partial charge in [0.25, 0.3) is 0 Å². The highest BCUT2D eigenvalue weighted by Gasteiger charge is 2.20. The van der Waals surface area contributed by atoms with Crippen molar-refractivity contribution < 1.29 is 9.53 Å². The van der Waals surface area contributed by atoms with Gasteiger partial charge in [-0.15, -0.1) is 0 Å². The maximum atomic E-state index is 10.7. The van der Waals surface area contributed by atoms with Gasteiger partial charge in [-0.1, -0.05) is 13.8 Å². The van der Waals surface area contributed by atoms with Crippen LogP contribution in [-0.2, 0) is 9.53 Å². The molecular weight excluding hydrogens is 128 g/mol. The van der Waals surface area contributed by atoms with Crippen LogP contribution in [0.3, 0.4) is 0 Å². The Balaban J connectivity index is 2.70. The number of carbonyl (C=O) groups is 1. The Kier molecular flexibility index (Phi) is 2.10. The van der Waals surface area contributed by atoms with Crippen LogP contribution in [0.1, 0.15) is 33.1 Å². The first-order chi connectivity index (χ1) is 4.77. The first-order valence-electron chi connectivity index (χ1n) is 3.69. The minimum atomic E-state index is -0.0892. The Labute approximate surface area is 60.9 Å². The van der Waals surface area contributed by atoms with Crippen molar-refractivity contribution in [3.8, 4) is 0 Å². The Hall–Kier alpha value is -0.790. The van der Waals surface area contributed by atoms with E-state index >= 15 is 0 Å². The van der Waals surface area contributed by atoms with Crippen LogP contribution in [-0.4, -0.2) is 5.97 Å². The van der Waals surface area contributed by atoms with E-state index in [2.05, 4.69) is 0 Å². The average Bonchev–Trinajstić information content (AvgIpc) is 2.30. The summed E-state index contributed by atoms with van der Waals surface area (Å²) in [7, 11) is 0. The monoisotopic (exact) mass is 140 g/mol. The largest absolute Gasteiger partial charge is 0.431 e. The SMILES string of the molecule is CCC1=C(CC)OC(=O)C1. The number of allylic oxidation sites excluding steroid dienone is 1. The number of cyclic esters (lactones) is 1. The van der Waals surface area contributed by atoms with E-state index in [0.717, 1.165) is 18.6 Å². The molecule has 0 aliphatic carbocycles. The van der Waals surface area contributed by atoms with E-state index in [1.807, 2.05) is 13.8 Å². The standard InChI is InChI=1S/C8H12O2/c1-3-6-5-8(9)10-7(6)4-2/h3-5H2,1-2H3. The highest BCUT2D eigenvalue weighted by Crippen LogP contribution is 2.24. The van der Waals surface area contributed by atoms with Gasteiger partial charge in [-0.3, -0.25) is 4.79 Å². The molecule has 0 N–H and O–H groups in total. The van der Waals surface area contributed by atoms with Crippen LogP contribution in [0.2, 0.25) is 0 Å². The lowest BCUT2D eigenvalue weighted by molar-refractivity contribution is -0.136. The highest BCUT2D eigenvalue weighted by atomic mass is 16.5. The van der Waals surface area contributed by atoms with Gasteiger partial charge >= 0.3 is 5.97 Å². The minimum Gasteiger partial charge on any atom is -0.431 e. The number of hydrogen-bond acceptors (Lipinski definition) is 2. The second-order valence-electron chi connectivity index (χ2n) is 2.38. The second-order valence-corrected chi connectivity index (χ2v) is 2.38. The molecule has 0 spiro atoms. The summed E-state index contributed by atoms with van der Waals surface area (Å²) in [6, 6.07) is 0. The van der Waals surface area contributed by atoms with Gasteiger partial charge in [-0.25, -0.2) is 0 Å². The van der Waals surface area contributed by atoms with E-state index in [0.29, 0.717) is 6.42 Å². The zero-order valence-corrected chi connectivity index (χ0v) is 6.44. The summed E-state index contributed by atoms with van der Waals surface area (Å²) in [6.45, 7) is 4.05. The van der Waals surface area contributed by atoms with Crippen LogP contribution in [0, 0.1) is 0 Å². The third-order valence-electron chi connectivity index (χ3n) is 1.74. The molecule has 0 saturated carbocycles. The summed E-state index contributed by atoms with van der Waals surface area (Å²) in [6.07, 6.45) is 2.30. The van der Waals surface area contributed by atoms with Gasteiger partial charge in [0.15, 0.2) is 0 Å². The first-order valence-corrected chi connectivity index (χ1v) is 3.69. The van der Waals surface area contributed by atoms with Gasteiger partial charge in [-0.2, -0.15) is 0 Å². The predicted molar refractivity (Wildman–Crippen MR) is 38.3 cm³/mol. The number of ether oxygens (including phenoxy) is 1. The molecule has 1 rings (SSSR count). The topological polar surface area (TPSA) is 26.3 Å². The van der Waals surface area contributed by atoms with E-state index in [-0.39, 0.29) is 5.97 Å². The molecule has 10 heavy (non-hydrogen) atoms. The third kappa shape index (κ3) is 1.20. The van der Waals surface area contributed by atoms with Gasteiger partial charge in [0.05, 0.1) is 6.42 Å². The van der Waals surface area contributed by atoms with Gasteiger partial charge in [-0.05, 0) is 12.0 Å². The molecule has 1 aliphatic heterocycles. The number of esters is 1. The van der Waals surface area contributed by atoms with E-state index in [1.54, 1.807) is 0 Å². The zero-order valence-electron chi connectivity index (χ0n) is 6.44. The van der Waals surface area contributed by atoms with E-state index < -0.39 is 0 Å². The molecule has 0 saturated heterocycles. The summed E-state index contributed by atoms with van der Waals surface area (Å²) >= 11 is 0. The minimum absolute atomic E-state index is 0.0892. The van der Waals surface area contributed by atoms with Gasteiger partial charge in [0.1, 0.15) is 5.76 Å². The van der Waals surface area contributed by atoms with Crippen LogP contribution in [0.15, 0.2) is 11.3 Å².